The number of benzene rings is 2. The highest BCUT2D eigenvalue weighted by molar-refractivity contribution is 7.91. The van der Waals surface area contributed by atoms with E-state index in [0.717, 1.165) is 17.0 Å². The molecule has 0 fully saturated rings. The van der Waals surface area contributed by atoms with Crippen LogP contribution >= 0.6 is 0 Å². The van der Waals surface area contributed by atoms with Crippen LogP contribution in [-0.4, -0.2) is 29.4 Å². The van der Waals surface area contributed by atoms with E-state index in [-0.39, 0.29) is 17.3 Å². The number of nitrogens with zero attached hydrogens (tertiary/aromatic N) is 1. The van der Waals surface area contributed by atoms with Gasteiger partial charge in [-0.1, -0.05) is 12.1 Å². The number of pyridine rings is 1. The Labute approximate surface area is 185 Å². The summed E-state index contributed by atoms with van der Waals surface area (Å²) < 4.78 is 63.8. The van der Waals surface area contributed by atoms with Crippen molar-refractivity contribution in [3.63, 3.8) is 0 Å². The number of nitrogens with one attached hydrogen (secondary N) is 2. The van der Waals surface area contributed by atoms with Crippen LogP contribution in [0.2, 0.25) is 0 Å². The van der Waals surface area contributed by atoms with Crippen molar-refractivity contribution in [2.75, 3.05) is 0 Å². The van der Waals surface area contributed by atoms with E-state index in [0.29, 0.717) is 23.4 Å². The van der Waals surface area contributed by atoms with Gasteiger partial charge in [-0.3, -0.25) is 9.78 Å². The van der Waals surface area contributed by atoms with E-state index in [4.69, 9.17) is 0 Å². The predicted molar refractivity (Wildman–Crippen MR) is 112 cm³/mol. The number of phenols is 1. The summed E-state index contributed by atoms with van der Waals surface area (Å²) in [6, 6.07) is 10.5. The van der Waals surface area contributed by atoms with Gasteiger partial charge in [-0.15, -0.1) is 0 Å². The van der Waals surface area contributed by atoms with Crippen molar-refractivity contribution in [3.05, 3.63) is 83.8 Å². The Hall–Kier alpha value is -3.86. The molecule has 0 saturated carbocycles. The maximum Gasteiger partial charge on any atom is 0.416 e. The summed E-state index contributed by atoms with van der Waals surface area (Å²) >= 11 is 0. The normalized spacial score (nSPS) is 12.1. The third-order valence-electron chi connectivity index (χ3n) is 4.93. The molecule has 33 heavy (non-hydrogen) atoms. The minimum absolute atomic E-state index is 0.109. The fourth-order valence-corrected chi connectivity index (χ4v) is 4.54. The summed E-state index contributed by atoms with van der Waals surface area (Å²) in [5.41, 5.74) is 0.541. The third kappa shape index (κ3) is 4.53. The van der Waals surface area contributed by atoms with Gasteiger partial charge >= 0.3 is 6.18 Å². The van der Waals surface area contributed by atoms with E-state index in [1.807, 2.05) is 0 Å². The van der Waals surface area contributed by atoms with Crippen LogP contribution in [-0.2, 0) is 22.6 Å². The highest BCUT2D eigenvalue weighted by atomic mass is 32.2. The van der Waals surface area contributed by atoms with Crippen molar-refractivity contribution < 1.29 is 31.5 Å². The largest absolute Gasteiger partial charge is 0.507 e. The van der Waals surface area contributed by atoms with Crippen molar-refractivity contribution in [2.45, 2.75) is 22.5 Å². The van der Waals surface area contributed by atoms with E-state index < -0.39 is 32.2 Å². The van der Waals surface area contributed by atoms with E-state index >= 15 is 0 Å². The summed E-state index contributed by atoms with van der Waals surface area (Å²) in [4.78, 5) is 18.5. The number of carbonyl (C=O) groups excluding carboxylic acids is 1. The molecular formula is C22H16F3N3O4S. The third-order valence-corrected chi connectivity index (χ3v) is 6.75. The summed E-state index contributed by atoms with van der Waals surface area (Å²) in [5.74, 6) is -1.35. The second kappa shape index (κ2) is 8.24. The monoisotopic (exact) mass is 475 g/mol. The van der Waals surface area contributed by atoms with Gasteiger partial charge in [-0.05, 0) is 48.0 Å². The van der Waals surface area contributed by atoms with Crippen LogP contribution in [0, 0.1) is 0 Å². The number of H-pyrrole nitrogens is 1. The highest BCUT2D eigenvalue weighted by Crippen LogP contribution is 2.36. The molecule has 0 aliphatic heterocycles. The molecule has 4 aromatic rings. The van der Waals surface area contributed by atoms with Crippen LogP contribution in [0.25, 0.3) is 10.9 Å². The zero-order valence-corrected chi connectivity index (χ0v) is 17.5. The first-order chi connectivity index (χ1) is 15.6. The van der Waals surface area contributed by atoms with E-state index in [9.17, 15) is 31.5 Å². The average molecular weight is 475 g/mol. The quantitative estimate of drug-likeness (QED) is 0.403. The number of fused-ring (bicyclic) bond motifs is 1. The minimum atomic E-state index is -4.71. The maximum atomic E-state index is 12.8. The second-order valence-electron chi connectivity index (χ2n) is 7.16. The van der Waals surface area contributed by atoms with Crippen molar-refractivity contribution in [2.24, 2.45) is 0 Å². The number of phenolic OH excluding ortho intramolecular Hbond substituents is 1. The number of alkyl halides is 3. The topological polar surface area (TPSA) is 112 Å². The molecule has 4 rings (SSSR count). The molecule has 0 spiro atoms. The molecule has 0 atom stereocenters. The van der Waals surface area contributed by atoms with Crippen LogP contribution in [0.15, 0.2) is 76.8 Å². The molecule has 0 saturated heterocycles. The first-order valence-corrected chi connectivity index (χ1v) is 11.0. The summed E-state index contributed by atoms with van der Waals surface area (Å²) in [5, 5.41) is 13.4. The standard InChI is InChI=1S/C22H16F3N3O4S/c23-22(24,25)15-3-6-20(19(29)10-15)33(31,32)16-4-1-13(2-5-16)11-27-21(30)18-9-14-12-26-8-7-17(14)28-18/h1-10,12,28-29H,11H2,(H,27,30). The number of hydrogen-bond acceptors (Lipinski definition) is 5. The number of aromatic nitrogens is 2. The number of carbonyl (C=O) groups is 1. The first-order valence-electron chi connectivity index (χ1n) is 9.51. The van der Waals surface area contributed by atoms with Crippen LogP contribution in [0.1, 0.15) is 21.6 Å². The van der Waals surface area contributed by atoms with Crippen LogP contribution in [0.3, 0.4) is 0 Å². The second-order valence-corrected chi connectivity index (χ2v) is 9.07. The van der Waals surface area contributed by atoms with Gasteiger partial charge in [0.25, 0.3) is 5.91 Å². The van der Waals surface area contributed by atoms with Gasteiger partial charge in [0, 0.05) is 29.8 Å². The summed E-state index contributed by atoms with van der Waals surface area (Å²) in [7, 11) is -4.25. The van der Waals surface area contributed by atoms with Crippen molar-refractivity contribution in [3.8, 4) is 5.75 Å². The molecule has 3 N–H and O–H groups in total. The van der Waals surface area contributed by atoms with E-state index in [1.165, 1.54) is 24.3 Å². The molecule has 0 aliphatic rings. The van der Waals surface area contributed by atoms with Gasteiger partial charge in [0.2, 0.25) is 9.84 Å². The number of halogens is 3. The van der Waals surface area contributed by atoms with E-state index in [1.54, 1.807) is 24.5 Å². The van der Waals surface area contributed by atoms with Gasteiger partial charge in [0.15, 0.2) is 0 Å². The lowest BCUT2D eigenvalue weighted by Crippen LogP contribution is -2.23. The van der Waals surface area contributed by atoms with Gasteiger partial charge in [0.05, 0.1) is 10.5 Å². The number of rotatable bonds is 5. The molecule has 170 valence electrons. The molecular weight excluding hydrogens is 459 g/mol. The molecule has 0 unspecified atom stereocenters. The van der Waals surface area contributed by atoms with Crippen LogP contribution < -0.4 is 5.32 Å². The lowest BCUT2D eigenvalue weighted by atomic mass is 10.2. The molecule has 2 aromatic heterocycles. The van der Waals surface area contributed by atoms with Crippen LogP contribution in [0.5, 0.6) is 5.75 Å². The Morgan fingerprint density at radius 2 is 1.79 bits per heavy atom. The molecule has 0 radical (unpaired) electrons. The molecule has 0 aliphatic carbocycles. The minimum Gasteiger partial charge on any atom is -0.507 e. The van der Waals surface area contributed by atoms with Gasteiger partial charge in [-0.25, -0.2) is 8.42 Å². The Kier molecular flexibility index (Phi) is 5.58. The summed E-state index contributed by atoms with van der Waals surface area (Å²) in [6.07, 6.45) is -1.49. The number of sulfone groups is 1. The SMILES string of the molecule is O=C(NCc1ccc(S(=O)(=O)c2ccc(C(F)(F)F)cc2O)cc1)c1cc2cnccc2[nH]1. The fourth-order valence-electron chi connectivity index (χ4n) is 3.21. The molecule has 2 heterocycles. The zero-order valence-electron chi connectivity index (χ0n) is 16.7. The first kappa shape index (κ1) is 22.3. The molecule has 11 heteroatoms. The number of aromatic amines is 1. The molecule has 0 bridgehead atoms. The van der Waals surface area contributed by atoms with Crippen molar-refractivity contribution >= 4 is 26.6 Å². The molecule has 1 amide bonds. The average Bonchev–Trinajstić information content (AvgIpc) is 3.21. The number of amides is 1. The van der Waals surface area contributed by atoms with Gasteiger partial charge in [0.1, 0.15) is 16.3 Å². The Bertz CT molecular complexity index is 1410. The smallest absolute Gasteiger partial charge is 0.416 e. The maximum absolute atomic E-state index is 12.8. The van der Waals surface area contributed by atoms with Gasteiger partial charge in [-0.2, -0.15) is 13.2 Å². The lowest BCUT2D eigenvalue weighted by Gasteiger charge is -2.11. The summed E-state index contributed by atoms with van der Waals surface area (Å²) in [6.45, 7) is 0.109. The van der Waals surface area contributed by atoms with Crippen molar-refractivity contribution in [1.29, 1.82) is 0 Å². The predicted octanol–water partition coefficient (Wildman–Crippen LogP) is 4.05. The Morgan fingerprint density at radius 3 is 2.42 bits per heavy atom. The Balaban J connectivity index is 1.48. The molecule has 7 nitrogen and oxygen atoms in total. The lowest BCUT2D eigenvalue weighted by molar-refractivity contribution is -0.137. The fraction of sp³-hybridized carbons (Fsp3) is 0.0909. The van der Waals surface area contributed by atoms with Gasteiger partial charge < -0.3 is 15.4 Å². The zero-order chi connectivity index (χ0) is 23.8. The molecule has 2 aromatic carbocycles. The number of aromatic hydroxyl groups is 1. The number of hydrogen-bond donors (Lipinski definition) is 3. The highest BCUT2D eigenvalue weighted by Gasteiger charge is 2.32. The van der Waals surface area contributed by atoms with Crippen molar-refractivity contribution in [1.82, 2.24) is 15.3 Å². The Morgan fingerprint density at radius 1 is 1.06 bits per heavy atom. The van der Waals surface area contributed by atoms with Crippen LogP contribution in [0.4, 0.5) is 13.2 Å². The van der Waals surface area contributed by atoms with E-state index in [2.05, 4.69) is 15.3 Å².